The maximum absolute atomic E-state index is 12.6. The van der Waals surface area contributed by atoms with Gasteiger partial charge in [0.2, 0.25) is 0 Å². The number of nitrogens with two attached hydrogens (primary N) is 1. The summed E-state index contributed by atoms with van der Waals surface area (Å²) >= 11 is 0. The van der Waals surface area contributed by atoms with Gasteiger partial charge in [0.05, 0.1) is 17.2 Å². The molecule has 5 heteroatoms. The molecule has 0 aromatic heterocycles. The topological polar surface area (TPSA) is 66.6 Å². The number of amides is 2. The summed E-state index contributed by atoms with van der Waals surface area (Å²) in [5.74, 6) is -0.320. The van der Waals surface area contributed by atoms with Gasteiger partial charge < -0.3 is 5.73 Å². The van der Waals surface area contributed by atoms with E-state index < -0.39 is 0 Å². The molecule has 4 rings (SSSR count). The van der Waals surface area contributed by atoms with E-state index >= 15 is 0 Å². The van der Waals surface area contributed by atoms with Gasteiger partial charge in [-0.05, 0) is 44.0 Å². The SMILES string of the molecule is Nc1ccc2c(c1)C(=O)N(C1CCN3CCCC13)C2=O. The summed E-state index contributed by atoms with van der Waals surface area (Å²) in [4.78, 5) is 29.0. The van der Waals surface area contributed by atoms with Crippen LogP contribution in [0.3, 0.4) is 0 Å². The van der Waals surface area contributed by atoms with Crippen LogP contribution < -0.4 is 5.73 Å². The molecule has 1 aromatic rings. The fourth-order valence-electron chi connectivity index (χ4n) is 3.94. The predicted octanol–water partition coefficient (Wildman–Crippen LogP) is 1.10. The molecule has 2 saturated heterocycles. The van der Waals surface area contributed by atoms with Gasteiger partial charge in [0.1, 0.15) is 0 Å². The van der Waals surface area contributed by atoms with Gasteiger partial charge in [-0.25, -0.2) is 0 Å². The van der Waals surface area contributed by atoms with Gasteiger partial charge in [0.15, 0.2) is 0 Å². The highest BCUT2D eigenvalue weighted by atomic mass is 16.2. The number of fused-ring (bicyclic) bond motifs is 2. The lowest BCUT2D eigenvalue weighted by Crippen LogP contribution is -2.45. The molecule has 104 valence electrons. The Hall–Kier alpha value is -1.88. The second-order valence-corrected chi connectivity index (χ2v) is 5.89. The van der Waals surface area contributed by atoms with Crippen molar-refractivity contribution in [2.75, 3.05) is 18.8 Å². The van der Waals surface area contributed by atoms with E-state index in [1.165, 1.54) is 4.90 Å². The zero-order valence-corrected chi connectivity index (χ0v) is 11.2. The van der Waals surface area contributed by atoms with Crippen molar-refractivity contribution in [3.05, 3.63) is 29.3 Å². The van der Waals surface area contributed by atoms with Crippen LogP contribution in [0, 0.1) is 0 Å². The second-order valence-electron chi connectivity index (χ2n) is 5.89. The largest absolute Gasteiger partial charge is 0.399 e. The first-order chi connectivity index (χ1) is 9.66. The van der Waals surface area contributed by atoms with Crippen LogP contribution in [0.15, 0.2) is 18.2 Å². The third-order valence-corrected chi connectivity index (χ3v) is 4.84. The van der Waals surface area contributed by atoms with Crippen molar-refractivity contribution in [2.45, 2.75) is 31.3 Å². The number of benzene rings is 1. The number of nitrogens with zero attached hydrogens (tertiary/aromatic N) is 2. The van der Waals surface area contributed by atoms with Crippen LogP contribution >= 0.6 is 0 Å². The van der Waals surface area contributed by atoms with Crippen LogP contribution in [-0.2, 0) is 0 Å². The van der Waals surface area contributed by atoms with Gasteiger partial charge in [0, 0.05) is 18.3 Å². The molecule has 0 aliphatic carbocycles. The van der Waals surface area contributed by atoms with Gasteiger partial charge in [-0.2, -0.15) is 0 Å². The van der Waals surface area contributed by atoms with Crippen LogP contribution in [-0.4, -0.2) is 46.8 Å². The molecule has 1 aromatic carbocycles. The van der Waals surface area contributed by atoms with E-state index in [0.29, 0.717) is 22.9 Å². The van der Waals surface area contributed by atoms with Crippen molar-refractivity contribution < 1.29 is 9.59 Å². The number of anilines is 1. The number of nitrogen functional groups attached to an aromatic ring is 1. The maximum Gasteiger partial charge on any atom is 0.261 e. The highest BCUT2D eigenvalue weighted by Gasteiger charge is 2.47. The molecule has 2 fully saturated rings. The summed E-state index contributed by atoms with van der Waals surface area (Å²) in [5, 5.41) is 0. The van der Waals surface area contributed by atoms with E-state index in [9.17, 15) is 9.59 Å². The second kappa shape index (κ2) is 4.06. The Balaban J connectivity index is 1.71. The van der Waals surface area contributed by atoms with Gasteiger partial charge in [0.25, 0.3) is 11.8 Å². The monoisotopic (exact) mass is 271 g/mol. The van der Waals surface area contributed by atoms with Gasteiger partial charge in [-0.1, -0.05) is 0 Å². The Morgan fingerprint density at radius 3 is 2.65 bits per heavy atom. The Morgan fingerprint density at radius 2 is 1.80 bits per heavy atom. The quantitative estimate of drug-likeness (QED) is 0.613. The first kappa shape index (κ1) is 11.9. The lowest BCUT2D eigenvalue weighted by atomic mass is 10.1. The van der Waals surface area contributed by atoms with Crippen LogP contribution in [0.2, 0.25) is 0 Å². The minimum Gasteiger partial charge on any atom is -0.399 e. The van der Waals surface area contributed by atoms with Crippen molar-refractivity contribution in [2.24, 2.45) is 0 Å². The van der Waals surface area contributed by atoms with Crippen LogP contribution in [0.4, 0.5) is 5.69 Å². The minimum absolute atomic E-state index is 0.0334. The lowest BCUT2D eigenvalue weighted by Gasteiger charge is -2.27. The van der Waals surface area contributed by atoms with Gasteiger partial charge in [-0.15, -0.1) is 0 Å². The summed E-state index contributed by atoms with van der Waals surface area (Å²) in [6.07, 6.45) is 3.14. The average molecular weight is 271 g/mol. The van der Waals surface area contributed by atoms with Gasteiger partial charge in [-0.3, -0.25) is 19.4 Å². The van der Waals surface area contributed by atoms with Crippen LogP contribution in [0.5, 0.6) is 0 Å². The molecule has 0 radical (unpaired) electrons. The van der Waals surface area contributed by atoms with Crippen molar-refractivity contribution >= 4 is 17.5 Å². The maximum atomic E-state index is 12.6. The van der Waals surface area contributed by atoms with E-state index in [1.807, 2.05) is 0 Å². The molecule has 0 saturated carbocycles. The van der Waals surface area contributed by atoms with Crippen LogP contribution in [0.25, 0.3) is 0 Å². The third-order valence-electron chi connectivity index (χ3n) is 4.84. The standard InChI is InChI=1S/C15H17N3O2/c16-9-3-4-10-11(8-9)15(20)18(14(10)19)13-5-7-17-6-1-2-12(13)17/h3-4,8,12-13H,1-2,5-7,16H2. The highest BCUT2D eigenvalue weighted by molar-refractivity contribution is 6.22. The summed E-state index contributed by atoms with van der Waals surface area (Å²) in [5.41, 5.74) is 7.23. The first-order valence-electron chi connectivity index (χ1n) is 7.18. The minimum atomic E-state index is -0.170. The molecule has 5 nitrogen and oxygen atoms in total. The Morgan fingerprint density at radius 1 is 1.00 bits per heavy atom. The predicted molar refractivity (Wildman–Crippen MR) is 74.4 cm³/mol. The Bertz CT molecular complexity index is 613. The summed E-state index contributed by atoms with van der Waals surface area (Å²) < 4.78 is 0. The van der Waals surface area contributed by atoms with E-state index in [4.69, 9.17) is 5.73 Å². The Kier molecular flexibility index (Phi) is 2.41. The normalized spacial score (nSPS) is 29.1. The van der Waals surface area contributed by atoms with E-state index in [2.05, 4.69) is 4.90 Å². The van der Waals surface area contributed by atoms with Crippen molar-refractivity contribution in [1.82, 2.24) is 9.80 Å². The number of carbonyl (C=O) groups excluding carboxylic acids is 2. The zero-order chi connectivity index (χ0) is 13.9. The van der Waals surface area contributed by atoms with Crippen LogP contribution in [0.1, 0.15) is 40.0 Å². The number of hydrogen-bond acceptors (Lipinski definition) is 4. The van der Waals surface area contributed by atoms with E-state index in [0.717, 1.165) is 32.4 Å². The molecule has 3 aliphatic heterocycles. The molecule has 3 heterocycles. The molecule has 2 unspecified atom stereocenters. The molecular weight excluding hydrogens is 254 g/mol. The van der Waals surface area contributed by atoms with E-state index in [-0.39, 0.29) is 17.9 Å². The fourth-order valence-corrected chi connectivity index (χ4v) is 3.94. The molecule has 2 amide bonds. The summed E-state index contributed by atoms with van der Waals surface area (Å²) in [7, 11) is 0. The number of rotatable bonds is 1. The first-order valence-corrected chi connectivity index (χ1v) is 7.18. The zero-order valence-electron chi connectivity index (χ0n) is 11.2. The van der Waals surface area contributed by atoms with Crippen molar-refractivity contribution in [3.63, 3.8) is 0 Å². The third kappa shape index (κ3) is 1.47. The molecule has 3 aliphatic rings. The number of imide groups is 1. The molecule has 2 N–H and O–H groups in total. The van der Waals surface area contributed by atoms with Crippen molar-refractivity contribution in [1.29, 1.82) is 0 Å². The van der Waals surface area contributed by atoms with Crippen molar-refractivity contribution in [3.8, 4) is 0 Å². The molecular formula is C15H17N3O2. The number of hydrogen-bond donors (Lipinski definition) is 1. The molecule has 0 bridgehead atoms. The number of carbonyl (C=O) groups is 2. The lowest BCUT2D eigenvalue weighted by molar-refractivity contribution is 0.0557. The van der Waals surface area contributed by atoms with Gasteiger partial charge >= 0.3 is 0 Å². The fraction of sp³-hybridized carbons (Fsp3) is 0.467. The molecule has 2 atom stereocenters. The highest BCUT2D eigenvalue weighted by Crippen LogP contribution is 2.36. The summed E-state index contributed by atoms with van der Waals surface area (Å²) in [6, 6.07) is 5.37. The Labute approximate surface area is 117 Å². The average Bonchev–Trinajstić information content (AvgIpc) is 3.07. The summed E-state index contributed by atoms with van der Waals surface area (Å²) in [6.45, 7) is 2.09. The molecule has 0 spiro atoms. The molecule has 20 heavy (non-hydrogen) atoms. The van der Waals surface area contributed by atoms with E-state index in [1.54, 1.807) is 18.2 Å². The smallest absolute Gasteiger partial charge is 0.261 e.